The summed E-state index contributed by atoms with van der Waals surface area (Å²) in [5.74, 6) is 0.228. The Balaban J connectivity index is 1.49. The molecule has 1 heterocycles. The molecule has 0 aromatic heterocycles. The first-order valence-electron chi connectivity index (χ1n) is 13.7. The normalized spacial score (nSPS) is 46.8. The maximum absolute atomic E-state index is 13.0. The number of ketones is 1. The lowest BCUT2D eigenvalue weighted by atomic mass is 9.37. The number of hydrogen-bond donors (Lipinski definition) is 3. The predicted molar refractivity (Wildman–Crippen MR) is 136 cm³/mol. The van der Waals surface area contributed by atoms with E-state index in [0.717, 1.165) is 19.3 Å². The molecule has 6 nitrogen and oxygen atoms in total. The standard InChI is InChI=1S/C30H44O6/c1-26(2)21-15-23(32)30(7)19-9-8-17(16-14-18(36-25(16)34)24(33)27(3,4)35)28(19,5)12-10-20(30)29(21,6)13-11-22(26)31/h9,14,17-18,20-21,23-24,32-33,35H,8,10-13,15H2,1-7H3. The van der Waals surface area contributed by atoms with Crippen LogP contribution in [0.4, 0.5) is 0 Å². The number of cyclic esters (lactones) is 1. The summed E-state index contributed by atoms with van der Waals surface area (Å²) in [5.41, 5.74) is -0.737. The number of fused-ring (bicyclic) bond motifs is 5. The number of ether oxygens (including phenoxy) is 1. The highest BCUT2D eigenvalue weighted by atomic mass is 16.6. The van der Waals surface area contributed by atoms with Crippen molar-refractivity contribution >= 4 is 11.8 Å². The molecule has 36 heavy (non-hydrogen) atoms. The highest BCUT2D eigenvalue weighted by Gasteiger charge is 2.68. The third-order valence-corrected chi connectivity index (χ3v) is 11.7. The number of carbonyl (C=O) groups excluding carboxylic acids is 2. The van der Waals surface area contributed by atoms with Crippen LogP contribution in [0.25, 0.3) is 0 Å². The van der Waals surface area contributed by atoms with Crippen molar-refractivity contribution < 1.29 is 29.6 Å². The van der Waals surface area contributed by atoms with E-state index < -0.39 is 40.7 Å². The zero-order valence-electron chi connectivity index (χ0n) is 22.9. The Labute approximate surface area is 215 Å². The third-order valence-electron chi connectivity index (χ3n) is 11.7. The summed E-state index contributed by atoms with van der Waals surface area (Å²) in [6.07, 6.45) is 5.97. The first-order chi connectivity index (χ1) is 16.5. The molecule has 3 fully saturated rings. The summed E-state index contributed by atoms with van der Waals surface area (Å²) in [5, 5.41) is 32.6. The van der Waals surface area contributed by atoms with Crippen molar-refractivity contribution in [3.63, 3.8) is 0 Å². The van der Waals surface area contributed by atoms with E-state index in [4.69, 9.17) is 4.74 Å². The fourth-order valence-electron chi connectivity index (χ4n) is 9.52. The molecule has 1 aliphatic heterocycles. The first kappa shape index (κ1) is 26.1. The smallest absolute Gasteiger partial charge is 0.334 e. The van der Waals surface area contributed by atoms with E-state index in [0.29, 0.717) is 30.6 Å². The molecule has 0 saturated heterocycles. The summed E-state index contributed by atoms with van der Waals surface area (Å²) >= 11 is 0. The average molecular weight is 501 g/mol. The van der Waals surface area contributed by atoms with E-state index in [9.17, 15) is 24.9 Å². The molecule has 9 atom stereocenters. The van der Waals surface area contributed by atoms with Crippen molar-refractivity contribution in [2.24, 2.45) is 39.4 Å². The minimum atomic E-state index is -1.39. The van der Waals surface area contributed by atoms with Gasteiger partial charge >= 0.3 is 5.97 Å². The summed E-state index contributed by atoms with van der Waals surface area (Å²) in [7, 11) is 0. The van der Waals surface area contributed by atoms with E-state index in [1.54, 1.807) is 6.08 Å². The molecule has 9 unspecified atom stereocenters. The van der Waals surface area contributed by atoms with Crippen molar-refractivity contribution in [2.75, 3.05) is 0 Å². The molecule has 3 saturated carbocycles. The van der Waals surface area contributed by atoms with Crippen LogP contribution in [0.1, 0.15) is 87.0 Å². The Bertz CT molecular complexity index is 1050. The van der Waals surface area contributed by atoms with Crippen LogP contribution in [0.3, 0.4) is 0 Å². The third kappa shape index (κ3) is 3.26. The largest absolute Gasteiger partial charge is 0.452 e. The molecule has 0 bridgehead atoms. The molecule has 4 aliphatic carbocycles. The molecule has 0 amide bonds. The maximum Gasteiger partial charge on any atom is 0.334 e. The minimum absolute atomic E-state index is 0.0287. The number of carbonyl (C=O) groups is 2. The van der Waals surface area contributed by atoms with Crippen LogP contribution in [0.2, 0.25) is 0 Å². The van der Waals surface area contributed by atoms with Crippen molar-refractivity contribution in [2.45, 2.75) is 111 Å². The second-order valence-electron chi connectivity index (χ2n) is 14.2. The summed E-state index contributed by atoms with van der Waals surface area (Å²) < 4.78 is 5.53. The van der Waals surface area contributed by atoms with Crippen LogP contribution in [0.15, 0.2) is 23.3 Å². The van der Waals surface area contributed by atoms with Gasteiger partial charge in [0.1, 0.15) is 18.0 Å². The molecular weight excluding hydrogens is 456 g/mol. The Morgan fingerprint density at radius 2 is 1.75 bits per heavy atom. The predicted octanol–water partition coefficient (Wildman–Crippen LogP) is 4.12. The van der Waals surface area contributed by atoms with Gasteiger partial charge in [-0.1, -0.05) is 46.3 Å². The minimum Gasteiger partial charge on any atom is -0.452 e. The van der Waals surface area contributed by atoms with E-state index in [-0.39, 0.29) is 28.6 Å². The number of allylic oxidation sites excluding steroid dienone is 1. The van der Waals surface area contributed by atoms with Crippen LogP contribution < -0.4 is 0 Å². The molecule has 6 heteroatoms. The Kier molecular flexibility index (Phi) is 5.63. The second kappa shape index (κ2) is 7.77. The van der Waals surface area contributed by atoms with Crippen LogP contribution in [-0.4, -0.2) is 51.0 Å². The topological polar surface area (TPSA) is 104 Å². The monoisotopic (exact) mass is 500 g/mol. The van der Waals surface area contributed by atoms with Gasteiger partial charge in [0, 0.05) is 28.7 Å². The zero-order valence-corrected chi connectivity index (χ0v) is 22.9. The van der Waals surface area contributed by atoms with Crippen molar-refractivity contribution in [3.8, 4) is 0 Å². The molecule has 5 rings (SSSR count). The van der Waals surface area contributed by atoms with Crippen LogP contribution in [0.5, 0.6) is 0 Å². The maximum atomic E-state index is 13.0. The van der Waals surface area contributed by atoms with Gasteiger partial charge in [-0.25, -0.2) is 4.79 Å². The van der Waals surface area contributed by atoms with E-state index >= 15 is 0 Å². The number of aliphatic hydroxyl groups excluding tert-OH is 2. The van der Waals surface area contributed by atoms with Gasteiger partial charge in [-0.3, -0.25) is 4.79 Å². The van der Waals surface area contributed by atoms with E-state index in [2.05, 4.69) is 40.7 Å². The number of Topliss-reactive ketones (excluding diaryl/α,β-unsaturated/α-hetero) is 1. The quantitative estimate of drug-likeness (QED) is 0.398. The van der Waals surface area contributed by atoms with E-state index in [1.165, 1.54) is 19.4 Å². The average Bonchev–Trinajstić information content (AvgIpc) is 3.32. The number of esters is 1. The van der Waals surface area contributed by atoms with Gasteiger partial charge < -0.3 is 20.1 Å². The van der Waals surface area contributed by atoms with Gasteiger partial charge in [-0.15, -0.1) is 0 Å². The highest BCUT2D eigenvalue weighted by molar-refractivity contribution is 5.92. The molecule has 0 radical (unpaired) electrons. The molecule has 0 aromatic carbocycles. The Morgan fingerprint density at radius 1 is 1.08 bits per heavy atom. The van der Waals surface area contributed by atoms with Gasteiger partial charge in [0.05, 0.1) is 11.7 Å². The van der Waals surface area contributed by atoms with E-state index in [1.807, 2.05) is 0 Å². The van der Waals surface area contributed by atoms with Gasteiger partial charge in [0.2, 0.25) is 0 Å². The van der Waals surface area contributed by atoms with Gasteiger partial charge in [0.25, 0.3) is 0 Å². The first-order valence-corrected chi connectivity index (χ1v) is 13.7. The summed E-state index contributed by atoms with van der Waals surface area (Å²) in [4.78, 5) is 25.9. The van der Waals surface area contributed by atoms with Crippen LogP contribution in [-0.2, 0) is 14.3 Å². The Hall–Kier alpha value is -1.50. The fourth-order valence-corrected chi connectivity index (χ4v) is 9.52. The van der Waals surface area contributed by atoms with Gasteiger partial charge in [-0.05, 0) is 74.7 Å². The zero-order chi connectivity index (χ0) is 26.6. The number of rotatable bonds is 3. The molecular formula is C30H44O6. The van der Waals surface area contributed by atoms with Gasteiger partial charge in [0.15, 0.2) is 0 Å². The lowest BCUT2D eigenvalue weighted by Crippen LogP contribution is -2.64. The fraction of sp³-hybridized carbons (Fsp3) is 0.800. The second-order valence-corrected chi connectivity index (χ2v) is 14.2. The number of hydrogen-bond acceptors (Lipinski definition) is 6. The van der Waals surface area contributed by atoms with Crippen molar-refractivity contribution in [1.82, 2.24) is 0 Å². The molecule has 5 aliphatic rings. The Morgan fingerprint density at radius 3 is 2.39 bits per heavy atom. The molecule has 200 valence electrons. The summed E-state index contributed by atoms with van der Waals surface area (Å²) in [6, 6.07) is 0. The van der Waals surface area contributed by atoms with Crippen molar-refractivity contribution in [3.05, 3.63) is 23.3 Å². The van der Waals surface area contributed by atoms with Crippen molar-refractivity contribution in [1.29, 1.82) is 0 Å². The number of aliphatic hydroxyl groups is 3. The lowest BCUT2D eigenvalue weighted by Gasteiger charge is -2.67. The van der Waals surface area contributed by atoms with Crippen LogP contribution in [0, 0.1) is 39.4 Å². The van der Waals surface area contributed by atoms with Gasteiger partial charge in [-0.2, -0.15) is 0 Å². The summed E-state index contributed by atoms with van der Waals surface area (Å²) in [6.45, 7) is 14.0. The molecule has 3 N–H and O–H groups in total. The van der Waals surface area contributed by atoms with Crippen LogP contribution >= 0.6 is 0 Å². The SMILES string of the molecule is CC(C)(O)C(O)C1C=C(C2CC=C3C2(C)CCC2C4(C)CCC(=O)C(C)(C)C4CC(O)C32C)C(=O)O1. The molecule has 0 spiro atoms. The molecule has 0 aromatic rings. The lowest BCUT2D eigenvalue weighted by molar-refractivity contribution is -0.190. The highest BCUT2D eigenvalue weighted by Crippen LogP contribution is 2.72.